The van der Waals surface area contributed by atoms with Gasteiger partial charge < -0.3 is 19.3 Å². The molecule has 0 aliphatic carbocycles. The summed E-state index contributed by atoms with van der Waals surface area (Å²) in [5, 5.41) is 4.80. The van der Waals surface area contributed by atoms with Gasteiger partial charge in [0.2, 0.25) is 5.91 Å². The van der Waals surface area contributed by atoms with Crippen molar-refractivity contribution in [2.45, 2.75) is 25.7 Å². The van der Waals surface area contributed by atoms with Crippen molar-refractivity contribution in [1.29, 1.82) is 0 Å². The molecule has 3 heterocycles. The lowest BCUT2D eigenvalue weighted by Crippen LogP contribution is -2.43. The van der Waals surface area contributed by atoms with Crippen LogP contribution < -0.4 is 9.47 Å². The molecule has 0 bridgehead atoms. The molecule has 1 aromatic heterocycles. The van der Waals surface area contributed by atoms with E-state index in [4.69, 9.17) is 14.6 Å². The maximum absolute atomic E-state index is 13.8. The summed E-state index contributed by atoms with van der Waals surface area (Å²) in [6, 6.07) is 15.3. The van der Waals surface area contributed by atoms with Gasteiger partial charge in [-0.25, -0.2) is 4.68 Å². The topological polar surface area (TPSA) is 76.9 Å². The van der Waals surface area contributed by atoms with Crippen LogP contribution in [0.15, 0.2) is 54.7 Å². The first-order chi connectivity index (χ1) is 17.6. The summed E-state index contributed by atoms with van der Waals surface area (Å²) in [7, 11) is 3.18. The highest BCUT2D eigenvalue weighted by atomic mass is 16.5. The van der Waals surface area contributed by atoms with E-state index in [9.17, 15) is 9.59 Å². The normalized spacial score (nSPS) is 16.3. The van der Waals surface area contributed by atoms with Crippen molar-refractivity contribution in [1.82, 2.24) is 19.6 Å². The fourth-order valence-corrected chi connectivity index (χ4v) is 5.14. The summed E-state index contributed by atoms with van der Waals surface area (Å²) in [5.74, 6) is 1.37. The fraction of sp³-hybridized carbons (Fsp3) is 0.393. The molecule has 0 spiro atoms. The molecule has 2 amide bonds. The number of hydrogen-bond acceptors (Lipinski definition) is 5. The number of hydrogen-bond donors (Lipinski definition) is 0. The quantitative estimate of drug-likeness (QED) is 0.524. The Morgan fingerprint density at radius 3 is 2.22 bits per heavy atom. The molecular weight excluding hydrogens is 456 g/mol. The zero-order valence-electron chi connectivity index (χ0n) is 20.9. The average Bonchev–Trinajstić information content (AvgIpc) is 3.63. The fourth-order valence-electron chi connectivity index (χ4n) is 5.14. The molecule has 0 radical (unpaired) electrons. The summed E-state index contributed by atoms with van der Waals surface area (Å²) in [6.07, 6.45) is 5.37. The lowest BCUT2D eigenvalue weighted by molar-refractivity contribution is -0.135. The second-order valence-corrected chi connectivity index (χ2v) is 9.34. The van der Waals surface area contributed by atoms with E-state index in [1.165, 1.54) is 0 Å². The number of piperidine rings is 1. The molecule has 8 heteroatoms. The van der Waals surface area contributed by atoms with Crippen molar-refractivity contribution < 1.29 is 19.1 Å². The highest BCUT2D eigenvalue weighted by molar-refractivity contribution is 6.00. The molecule has 188 valence electrons. The van der Waals surface area contributed by atoms with Gasteiger partial charge in [0.1, 0.15) is 5.69 Å². The SMILES string of the molecule is COc1ccc(-c2nn(-c3ccccc3)cc2C(=O)N2CCC(C(=O)N3CCCC3)CC2)cc1OC. The molecule has 0 N–H and O–H groups in total. The van der Waals surface area contributed by atoms with Crippen molar-refractivity contribution in [3.8, 4) is 28.4 Å². The number of methoxy groups -OCH3 is 2. The van der Waals surface area contributed by atoms with Crippen molar-refractivity contribution >= 4 is 11.8 Å². The summed E-state index contributed by atoms with van der Waals surface area (Å²) in [4.78, 5) is 30.5. The maximum Gasteiger partial charge on any atom is 0.257 e. The second kappa shape index (κ2) is 10.4. The number of ether oxygens (including phenoxy) is 2. The van der Waals surface area contributed by atoms with Gasteiger partial charge >= 0.3 is 0 Å². The third-order valence-corrected chi connectivity index (χ3v) is 7.17. The van der Waals surface area contributed by atoms with Gasteiger partial charge in [0.25, 0.3) is 5.91 Å². The molecule has 0 saturated carbocycles. The molecule has 5 rings (SSSR count). The first kappa shape index (κ1) is 23.9. The number of para-hydroxylation sites is 1. The monoisotopic (exact) mass is 488 g/mol. The lowest BCUT2D eigenvalue weighted by atomic mass is 9.94. The Morgan fingerprint density at radius 1 is 0.861 bits per heavy atom. The van der Waals surface area contributed by atoms with Crippen LogP contribution in [0.1, 0.15) is 36.0 Å². The van der Waals surface area contributed by atoms with E-state index in [-0.39, 0.29) is 17.7 Å². The Morgan fingerprint density at radius 2 is 1.56 bits per heavy atom. The standard InChI is InChI=1S/C28H32N4O4/c1-35-24-11-10-21(18-25(24)36-2)26-23(19-32(29-26)22-8-4-3-5-9-22)28(34)31-16-12-20(13-17-31)27(33)30-14-6-7-15-30/h3-5,8-11,18-20H,6-7,12-17H2,1-2H3. The van der Waals surface area contributed by atoms with Crippen LogP contribution in [0.3, 0.4) is 0 Å². The van der Waals surface area contributed by atoms with Crippen LogP contribution in [-0.4, -0.2) is 71.8 Å². The average molecular weight is 489 g/mol. The number of amides is 2. The number of nitrogens with zero attached hydrogens (tertiary/aromatic N) is 4. The molecule has 2 saturated heterocycles. The van der Waals surface area contributed by atoms with E-state index in [2.05, 4.69) is 0 Å². The van der Waals surface area contributed by atoms with Gasteiger partial charge in [-0.2, -0.15) is 5.10 Å². The molecule has 0 atom stereocenters. The third kappa shape index (κ3) is 4.67. The predicted molar refractivity (Wildman–Crippen MR) is 137 cm³/mol. The second-order valence-electron chi connectivity index (χ2n) is 9.34. The molecule has 36 heavy (non-hydrogen) atoms. The van der Waals surface area contributed by atoms with Gasteiger partial charge in [-0.3, -0.25) is 9.59 Å². The minimum atomic E-state index is -0.0750. The molecular formula is C28H32N4O4. The van der Waals surface area contributed by atoms with E-state index in [0.717, 1.165) is 37.2 Å². The van der Waals surface area contributed by atoms with Gasteiger partial charge in [-0.15, -0.1) is 0 Å². The van der Waals surface area contributed by atoms with Gasteiger partial charge in [0.15, 0.2) is 11.5 Å². The number of carbonyl (C=O) groups is 2. The first-order valence-corrected chi connectivity index (χ1v) is 12.5. The summed E-state index contributed by atoms with van der Waals surface area (Å²) < 4.78 is 12.6. The van der Waals surface area contributed by atoms with Crippen LogP contribution in [-0.2, 0) is 4.79 Å². The predicted octanol–water partition coefficient (Wildman–Crippen LogP) is 4.03. The zero-order chi connectivity index (χ0) is 25.1. The van der Waals surface area contributed by atoms with Crippen LogP contribution in [0.5, 0.6) is 11.5 Å². The number of likely N-dealkylation sites (tertiary alicyclic amines) is 2. The van der Waals surface area contributed by atoms with E-state index in [1.807, 2.05) is 58.3 Å². The van der Waals surface area contributed by atoms with Crippen molar-refractivity contribution in [3.05, 3.63) is 60.3 Å². The molecule has 0 unspecified atom stereocenters. The molecule has 2 aromatic carbocycles. The highest BCUT2D eigenvalue weighted by Gasteiger charge is 2.33. The number of aromatic nitrogens is 2. The van der Waals surface area contributed by atoms with Crippen molar-refractivity contribution in [2.24, 2.45) is 5.92 Å². The Balaban J connectivity index is 1.42. The molecule has 2 aliphatic heterocycles. The molecule has 2 aliphatic rings. The number of carbonyl (C=O) groups excluding carboxylic acids is 2. The smallest absolute Gasteiger partial charge is 0.257 e. The summed E-state index contributed by atoms with van der Waals surface area (Å²) in [5.41, 5.74) is 2.74. The Labute approximate surface area is 211 Å². The lowest BCUT2D eigenvalue weighted by Gasteiger charge is -2.33. The number of benzene rings is 2. The zero-order valence-corrected chi connectivity index (χ0v) is 20.9. The van der Waals surface area contributed by atoms with Gasteiger partial charge in [0.05, 0.1) is 25.5 Å². The van der Waals surface area contributed by atoms with Crippen LogP contribution in [0, 0.1) is 5.92 Å². The van der Waals surface area contributed by atoms with Crippen LogP contribution in [0.2, 0.25) is 0 Å². The van der Waals surface area contributed by atoms with Gasteiger partial charge in [-0.05, 0) is 56.0 Å². The molecule has 2 fully saturated rings. The molecule has 3 aromatic rings. The third-order valence-electron chi connectivity index (χ3n) is 7.17. The van der Waals surface area contributed by atoms with Crippen molar-refractivity contribution in [3.63, 3.8) is 0 Å². The van der Waals surface area contributed by atoms with Gasteiger partial charge in [-0.1, -0.05) is 18.2 Å². The minimum absolute atomic E-state index is 0.00418. The van der Waals surface area contributed by atoms with Crippen molar-refractivity contribution in [2.75, 3.05) is 40.4 Å². The van der Waals surface area contributed by atoms with Gasteiger partial charge in [0, 0.05) is 43.9 Å². The van der Waals surface area contributed by atoms with Crippen LogP contribution in [0.25, 0.3) is 16.9 Å². The van der Waals surface area contributed by atoms with Crippen LogP contribution in [0.4, 0.5) is 0 Å². The van der Waals surface area contributed by atoms with E-state index >= 15 is 0 Å². The Hall–Kier alpha value is -3.81. The first-order valence-electron chi connectivity index (χ1n) is 12.5. The van der Waals surface area contributed by atoms with E-state index < -0.39 is 0 Å². The Kier molecular flexibility index (Phi) is 6.93. The van der Waals surface area contributed by atoms with Crippen LogP contribution >= 0.6 is 0 Å². The summed E-state index contributed by atoms with van der Waals surface area (Å²) in [6.45, 7) is 2.85. The maximum atomic E-state index is 13.8. The Bertz CT molecular complexity index is 1230. The highest BCUT2D eigenvalue weighted by Crippen LogP contribution is 2.34. The number of rotatable bonds is 6. The minimum Gasteiger partial charge on any atom is -0.493 e. The summed E-state index contributed by atoms with van der Waals surface area (Å²) >= 11 is 0. The largest absolute Gasteiger partial charge is 0.493 e. The van der Waals surface area contributed by atoms with E-state index in [1.54, 1.807) is 25.1 Å². The van der Waals surface area contributed by atoms with E-state index in [0.29, 0.717) is 48.7 Å². The molecule has 8 nitrogen and oxygen atoms in total.